The molecule has 3 heterocycles. The number of nitrogens with zero attached hydrogens (tertiary/aromatic N) is 2. The van der Waals surface area contributed by atoms with Crippen molar-refractivity contribution in [3.8, 4) is 16.3 Å². The molecule has 1 aromatic carbocycles. The number of aryl methyl sites for hydroxylation is 2. The summed E-state index contributed by atoms with van der Waals surface area (Å²) in [6.45, 7) is 4.60. The lowest BCUT2D eigenvalue weighted by Gasteiger charge is -2.10. The largest absolute Gasteiger partial charge is 0.491 e. The second-order valence-electron chi connectivity index (χ2n) is 5.67. The molecule has 25 heavy (non-hydrogen) atoms. The molecule has 6 nitrogen and oxygen atoms in total. The second kappa shape index (κ2) is 6.49. The van der Waals surface area contributed by atoms with Gasteiger partial charge in [-0.25, -0.2) is 19.3 Å². The Morgan fingerprint density at radius 3 is 2.88 bits per heavy atom. The van der Waals surface area contributed by atoms with Gasteiger partial charge >= 0.3 is 0 Å². The molecule has 0 bridgehead atoms. The van der Waals surface area contributed by atoms with Crippen LogP contribution >= 0.6 is 22.7 Å². The fraction of sp³-hybridized carbons (Fsp3) is 0.250. The van der Waals surface area contributed by atoms with Crippen LogP contribution < -0.4 is 15.2 Å². The standard InChI is InChI=1S/C16H16N4O2S3/c1-8-15(24-9(2)18-8)13-7-23-16(20-13)19-12-6-11(25(17)21)5-10-3-4-22-14(10)12/h5-7H,3-4,17H2,1-2H3,(H,19,20). The van der Waals surface area contributed by atoms with E-state index in [1.54, 1.807) is 17.4 Å². The highest BCUT2D eigenvalue weighted by Gasteiger charge is 2.20. The molecule has 2 aromatic heterocycles. The van der Waals surface area contributed by atoms with Gasteiger partial charge in [-0.3, -0.25) is 0 Å². The Labute approximate surface area is 155 Å². The van der Waals surface area contributed by atoms with Gasteiger partial charge in [0.1, 0.15) is 16.7 Å². The highest BCUT2D eigenvalue weighted by Crippen LogP contribution is 2.39. The van der Waals surface area contributed by atoms with Crippen LogP contribution in [0.2, 0.25) is 0 Å². The van der Waals surface area contributed by atoms with Crippen LogP contribution in [0.15, 0.2) is 22.4 Å². The lowest BCUT2D eigenvalue weighted by atomic mass is 10.1. The third kappa shape index (κ3) is 3.20. The summed E-state index contributed by atoms with van der Waals surface area (Å²) in [5, 5.41) is 12.6. The Morgan fingerprint density at radius 1 is 1.32 bits per heavy atom. The number of thiazole rings is 2. The maximum atomic E-state index is 11.7. The van der Waals surface area contributed by atoms with E-state index < -0.39 is 11.0 Å². The average molecular weight is 393 g/mol. The van der Waals surface area contributed by atoms with Crippen molar-refractivity contribution in [2.45, 2.75) is 25.2 Å². The Bertz CT molecular complexity index is 980. The van der Waals surface area contributed by atoms with E-state index >= 15 is 0 Å². The Balaban J connectivity index is 1.67. The zero-order chi connectivity index (χ0) is 17.6. The number of anilines is 2. The van der Waals surface area contributed by atoms with E-state index in [9.17, 15) is 4.21 Å². The van der Waals surface area contributed by atoms with Crippen LogP contribution in [0.4, 0.5) is 10.8 Å². The minimum atomic E-state index is -1.53. The molecule has 0 aliphatic carbocycles. The lowest BCUT2D eigenvalue weighted by molar-refractivity contribution is 0.358. The molecular formula is C16H16N4O2S3. The third-order valence-corrected chi connectivity index (χ3v) is 6.42. The minimum Gasteiger partial charge on any atom is -0.491 e. The van der Waals surface area contributed by atoms with Crippen molar-refractivity contribution in [2.75, 3.05) is 11.9 Å². The van der Waals surface area contributed by atoms with Crippen molar-refractivity contribution in [1.82, 2.24) is 9.97 Å². The molecule has 1 aliphatic rings. The second-order valence-corrected chi connectivity index (χ2v) is 8.79. The smallest absolute Gasteiger partial charge is 0.187 e. The van der Waals surface area contributed by atoms with Crippen LogP contribution in [0.5, 0.6) is 5.75 Å². The minimum absolute atomic E-state index is 0.581. The van der Waals surface area contributed by atoms with E-state index in [0.29, 0.717) is 11.5 Å². The summed E-state index contributed by atoms with van der Waals surface area (Å²) in [5.41, 5.74) is 3.67. The van der Waals surface area contributed by atoms with Crippen molar-refractivity contribution in [3.05, 3.63) is 33.8 Å². The Hall–Kier alpha value is -1.81. The average Bonchev–Trinajstić information content (AvgIpc) is 3.26. The first-order chi connectivity index (χ1) is 12.0. The summed E-state index contributed by atoms with van der Waals surface area (Å²) in [4.78, 5) is 10.8. The first-order valence-electron chi connectivity index (χ1n) is 7.64. The van der Waals surface area contributed by atoms with Gasteiger partial charge in [-0.1, -0.05) is 0 Å². The van der Waals surface area contributed by atoms with Crippen LogP contribution in [-0.2, 0) is 17.4 Å². The van der Waals surface area contributed by atoms with E-state index in [-0.39, 0.29) is 0 Å². The van der Waals surface area contributed by atoms with E-state index in [1.807, 2.05) is 25.3 Å². The number of benzene rings is 1. The summed E-state index contributed by atoms with van der Waals surface area (Å²) in [6, 6.07) is 3.61. The number of nitrogens with one attached hydrogen (secondary N) is 1. The molecule has 3 N–H and O–H groups in total. The van der Waals surface area contributed by atoms with Crippen molar-refractivity contribution in [1.29, 1.82) is 0 Å². The normalized spacial score (nSPS) is 14.2. The van der Waals surface area contributed by atoms with Crippen molar-refractivity contribution < 1.29 is 8.95 Å². The highest BCUT2D eigenvalue weighted by atomic mass is 32.2. The molecule has 0 amide bonds. The van der Waals surface area contributed by atoms with E-state index in [4.69, 9.17) is 9.88 Å². The van der Waals surface area contributed by atoms with Crippen LogP contribution in [0, 0.1) is 13.8 Å². The topological polar surface area (TPSA) is 90.1 Å². The van der Waals surface area contributed by atoms with E-state index in [0.717, 1.165) is 49.8 Å². The van der Waals surface area contributed by atoms with Gasteiger partial charge in [0, 0.05) is 17.4 Å². The Morgan fingerprint density at radius 2 is 2.16 bits per heavy atom. The van der Waals surface area contributed by atoms with Crippen molar-refractivity contribution >= 4 is 44.5 Å². The van der Waals surface area contributed by atoms with Gasteiger partial charge in [0.25, 0.3) is 0 Å². The number of aromatic nitrogens is 2. The molecule has 4 rings (SSSR count). The summed E-state index contributed by atoms with van der Waals surface area (Å²) in [6.07, 6.45) is 0.789. The van der Waals surface area contributed by atoms with Gasteiger partial charge in [-0.15, -0.1) is 22.7 Å². The Kier molecular flexibility index (Phi) is 4.32. The molecule has 9 heteroatoms. The molecule has 1 unspecified atom stereocenters. The maximum Gasteiger partial charge on any atom is 0.187 e. The lowest BCUT2D eigenvalue weighted by Crippen LogP contribution is -2.04. The molecule has 0 spiro atoms. The van der Waals surface area contributed by atoms with Gasteiger partial charge in [-0.05, 0) is 26.0 Å². The van der Waals surface area contributed by atoms with Gasteiger partial charge in [0.15, 0.2) is 5.13 Å². The SMILES string of the molecule is Cc1nc(C)c(-c2csc(Nc3cc(S(N)=O)cc4c3OCC4)n2)s1. The molecule has 1 aliphatic heterocycles. The zero-order valence-electron chi connectivity index (χ0n) is 13.7. The molecular weight excluding hydrogens is 376 g/mol. The first kappa shape index (κ1) is 16.6. The number of ether oxygens (including phenoxy) is 1. The van der Waals surface area contributed by atoms with E-state index in [1.165, 1.54) is 11.3 Å². The number of hydrogen-bond donors (Lipinski definition) is 2. The fourth-order valence-corrected chi connectivity index (χ4v) is 4.97. The molecule has 3 aromatic rings. The quantitative estimate of drug-likeness (QED) is 0.709. The zero-order valence-corrected chi connectivity index (χ0v) is 16.1. The predicted octanol–water partition coefficient (Wildman–Crippen LogP) is 3.54. The van der Waals surface area contributed by atoms with E-state index in [2.05, 4.69) is 15.3 Å². The van der Waals surface area contributed by atoms with Gasteiger partial charge in [-0.2, -0.15) is 0 Å². The van der Waals surface area contributed by atoms with Crippen LogP contribution in [0.25, 0.3) is 10.6 Å². The molecule has 130 valence electrons. The van der Waals surface area contributed by atoms with Crippen LogP contribution in [-0.4, -0.2) is 20.8 Å². The first-order valence-corrected chi connectivity index (χ1v) is 10.5. The fourth-order valence-electron chi connectivity index (χ4n) is 2.81. The van der Waals surface area contributed by atoms with Crippen LogP contribution in [0.1, 0.15) is 16.3 Å². The summed E-state index contributed by atoms with van der Waals surface area (Å²) < 4.78 is 17.4. The van der Waals surface area contributed by atoms with Gasteiger partial charge in [0.05, 0.1) is 38.5 Å². The summed E-state index contributed by atoms with van der Waals surface area (Å²) in [7, 11) is -1.53. The summed E-state index contributed by atoms with van der Waals surface area (Å²) in [5.74, 6) is 0.788. The molecule has 1 atom stereocenters. The van der Waals surface area contributed by atoms with Gasteiger partial charge < -0.3 is 10.1 Å². The molecule has 0 saturated carbocycles. The summed E-state index contributed by atoms with van der Waals surface area (Å²) >= 11 is 3.15. The number of hydrogen-bond acceptors (Lipinski definition) is 7. The molecule has 0 fully saturated rings. The molecule has 0 radical (unpaired) electrons. The predicted molar refractivity (Wildman–Crippen MR) is 102 cm³/mol. The van der Waals surface area contributed by atoms with Crippen molar-refractivity contribution in [3.63, 3.8) is 0 Å². The maximum absolute atomic E-state index is 11.7. The highest BCUT2D eigenvalue weighted by molar-refractivity contribution is 7.82. The van der Waals surface area contributed by atoms with Crippen LogP contribution in [0.3, 0.4) is 0 Å². The van der Waals surface area contributed by atoms with Crippen molar-refractivity contribution in [2.24, 2.45) is 5.14 Å². The monoisotopic (exact) mass is 392 g/mol. The number of nitrogens with two attached hydrogens (primary N) is 1. The molecule has 0 saturated heterocycles. The number of rotatable bonds is 4. The third-order valence-electron chi connectivity index (χ3n) is 3.87. The number of fused-ring (bicyclic) bond motifs is 1. The van der Waals surface area contributed by atoms with Gasteiger partial charge in [0.2, 0.25) is 0 Å².